The van der Waals surface area contributed by atoms with Crippen LogP contribution in [0.2, 0.25) is 0 Å². The summed E-state index contributed by atoms with van der Waals surface area (Å²) in [4.78, 5) is 29.8. The summed E-state index contributed by atoms with van der Waals surface area (Å²) in [5, 5.41) is 2.77. The van der Waals surface area contributed by atoms with E-state index < -0.39 is 11.7 Å². The number of rotatable bonds is 4. The molecule has 1 aromatic heterocycles. The van der Waals surface area contributed by atoms with E-state index in [0.717, 1.165) is 5.69 Å². The Morgan fingerprint density at radius 2 is 2.04 bits per heavy atom. The maximum absolute atomic E-state index is 13.8. The van der Waals surface area contributed by atoms with Gasteiger partial charge in [-0.2, -0.15) is 0 Å². The van der Waals surface area contributed by atoms with Gasteiger partial charge in [-0.1, -0.05) is 18.2 Å². The molecule has 5 nitrogen and oxygen atoms in total. The van der Waals surface area contributed by atoms with Gasteiger partial charge in [0.15, 0.2) is 0 Å². The van der Waals surface area contributed by atoms with Gasteiger partial charge in [-0.25, -0.2) is 4.39 Å². The van der Waals surface area contributed by atoms with E-state index in [2.05, 4.69) is 10.3 Å². The van der Waals surface area contributed by atoms with Gasteiger partial charge in [0.1, 0.15) is 5.82 Å². The van der Waals surface area contributed by atoms with Gasteiger partial charge in [0.25, 0.3) is 0 Å². The lowest BCUT2D eigenvalue weighted by atomic mass is 10.1. The van der Waals surface area contributed by atoms with E-state index in [1.54, 1.807) is 30.5 Å². The van der Waals surface area contributed by atoms with E-state index in [1.165, 1.54) is 11.0 Å². The van der Waals surface area contributed by atoms with Gasteiger partial charge in [0.05, 0.1) is 23.8 Å². The van der Waals surface area contributed by atoms with Crippen LogP contribution in [-0.2, 0) is 16.1 Å². The standard InChI is InChI=1S/C17H16FN3O2/c18-14-6-1-2-7-15(14)21-11-12(9-16(21)22)17(23)20-10-13-5-3-4-8-19-13/h1-8,12H,9-11H2,(H,20,23). The molecule has 0 bridgehead atoms. The molecule has 1 fully saturated rings. The fraction of sp³-hybridized carbons (Fsp3) is 0.235. The predicted molar refractivity (Wildman–Crippen MR) is 82.9 cm³/mol. The van der Waals surface area contributed by atoms with E-state index >= 15 is 0 Å². The summed E-state index contributed by atoms with van der Waals surface area (Å²) in [6, 6.07) is 11.5. The Morgan fingerprint density at radius 3 is 2.78 bits per heavy atom. The molecule has 0 spiro atoms. The van der Waals surface area contributed by atoms with Crippen LogP contribution in [0.15, 0.2) is 48.7 Å². The van der Waals surface area contributed by atoms with Gasteiger partial charge in [0, 0.05) is 19.2 Å². The molecule has 3 rings (SSSR count). The highest BCUT2D eigenvalue weighted by molar-refractivity contribution is 6.00. The second kappa shape index (κ2) is 6.56. The minimum absolute atomic E-state index is 0.0857. The van der Waals surface area contributed by atoms with Crippen molar-refractivity contribution in [3.63, 3.8) is 0 Å². The molecule has 118 valence electrons. The highest BCUT2D eigenvalue weighted by atomic mass is 19.1. The smallest absolute Gasteiger partial charge is 0.227 e. The largest absolute Gasteiger partial charge is 0.350 e. The number of anilines is 1. The quantitative estimate of drug-likeness (QED) is 0.937. The SMILES string of the molecule is O=C(NCc1ccccn1)C1CC(=O)N(c2ccccc2F)C1. The molecule has 2 aromatic rings. The molecular formula is C17H16FN3O2. The van der Waals surface area contributed by atoms with Gasteiger partial charge >= 0.3 is 0 Å². The van der Waals surface area contributed by atoms with Gasteiger partial charge in [-0.15, -0.1) is 0 Å². The lowest BCUT2D eigenvalue weighted by Gasteiger charge is -2.17. The topological polar surface area (TPSA) is 62.3 Å². The zero-order valence-electron chi connectivity index (χ0n) is 12.4. The van der Waals surface area contributed by atoms with Crippen LogP contribution in [0.5, 0.6) is 0 Å². The highest BCUT2D eigenvalue weighted by Crippen LogP contribution is 2.27. The molecule has 0 aliphatic carbocycles. The van der Waals surface area contributed by atoms with Crippen LogP contribution < -0.4 is 10.2 Å². The lowest BCUT2D eigenvalue weighted by Crippen LogP contribution is -2.33. The molecule has 0 saturated carbocycles. The van der Waals surface area contributed by atoms with Crippen molar-refractivity contribution >= 4 is 17.5 Å². The Hall–Kier alpha value is -2.76. The monoisotopic (exact) mass is 313 g/mol. The van der Waals surface area contributed by atoms with Crippen LogP contribution in [0.1, 0.15) is 12.1 Å². The van der Waals surface area contributed by atoms with Crippen molar-refractivity contribution < 1.29 is 14.0 Å². The van der Waals surface area contributed by atoms with Crippen molar-refractivity contribution in [2.75, 3.05) is 11.4 Å². The van der Waals surface area contributed by atoms with Crippen LogP contribution in [0, 0.1) is 11.7 Å². The second-order valence-electron chi connectivity index (χ2n) is 5.40. The summed E-state index contributed by atoms with van der Waals surface area (Å²) in [5.41, 5.74) is 0.966. The van der Waals surface area contributed by atoms with Gasteiger partial charge in [0.2, 0.25) is 11.8 Å². The third-order valence-corrected chi connectivity index (χ3v) is 3.81. The van der Waals surface area contributed by atoms with Crippen molar-refractivity contribution in [2.24, 2.45) is 5.92 Å². The summed E-state index contributed by atoms with van der Waals surface area (Å²) < 4.78 is 13.8. The average molecular weight is 313 g/mol. The zero-order valence-corrected chi connectivity index (χ0v) is 12.4. The third-order valence-electron chi connectivity index (χ3n) is 3.81. The van der Waals surface area contributed by atoms with Crippen LogP contribution in [0.3, 0.4) is 0 Å². The summed E-state index contributed by atoms with van der Waals surface area (Å²) in [7, 11) is 0. The highest BCUT2D eigenvalue weighted by Gasteiger charge is 2.35. The summed E-state index contributed by atoms with van der Waals surface area (Å²) >= 11 is 0. The number of pyridine rings is 1. The molecule has 6 heteroatoms. The predicted octanol–water partition coefficient (Wildman–Crippen LogP) is 1.89. The minimum atomic E-state index is -0.481. The molecule has 1 saturated heterocycles. The Morgan fingerprint density at radius 1 is 1.26 bits per heavy atom. The van der Waals surface area contributed by atoms with E-state index in [0.29, 0.717) is 6.54 Å². The van der Waals surface area contributed by atoms with Crippen LogP contribution in [-0.4, -0.2) is 23.3 Å². The summed E-state index contributed by atoms with van der Waals surface area (Å²) in [6.07, 6.45) is 1.74. The molecule has 2 heterocycles. The number of nitrogens with zero attached hydrogens (tertiary/aromatic N) is 2. The Labute approximate surface area is 133 Å². The number of benzene rings is 1. The normalized spacial score (nSPS) is 17.3. The number of carbonyl (C=O) groups is 2. The van der Waals surface area contributed by atoms with Crippen LogP contribution in [0.4, 0.5) is 10.1 Å². The molecule has 1 aliphatic rings. The van der Waals surface area contributed by atoms with E-state index in [4.69, 9.17) is 0 Å². The first-order valence-electron chi connectivity index (χ1n) is 7.37. The Bertz CT molecular complexity index is 721. The fourth-order valence-electron chi connectivity index (χ4n) is 2.61. The first-order chi connectivity index (χ1) is 11.1. The lowest BCUT2D eigenvalue weighted by molar-refractivity contribution is -0.126. The summed E-state index contributed by atoms with van der Waals surface area (Å²) in [6.45, 7) is 0.498. The van der Waals surface area contributed by atoms with Crippen molar-refractivity contribution in [1.82, 2.24) is 10.3 Å². The maximum Gasteiger partial charge on any atom is 0.227 e. The van der Waals surface area contributed by atoms with Crippen molar-refractivity contribution in [3.8, 4) is 0 Å². The van der Waals surface area contributed by atoms with Crippen molar-refractivity contribution in [1.29, 1.82) is 0 Å². The molecule has 2 amide bonds. The van der Waals surface area contributed by atoms with Crippen molar-refractivity contribution in [3.05, 3.63) is 60.2 Å². The number of aromatic nitrogens is 1. The summed E-state index contributed by atoms with van der Waals surface area (Å²) in [5.74, 6) is -1.41. The fourth-order valence-corrected chi connectivity index (χ4v) is 2.61. The molecule has 23 heavy (non-hydrogen) atoms. The molecule has 1 aromatic carbocycles. The van der Waals surface area contributed by atoms with Gasteiger partial charge in [-0.05, 0) is 24.3 Å². The Balaban J connectivity index is 1.63. The molecule has 0 radical (unpaired) electrons. The number of hydrogen-bond acceptors (Lipinski definition) is 3. The molecule has 1 atom stereocenters. The first-order valence-corrected chi connectivity index (χ1v) is 7.37. The average Bonchev–Trinajstić information content (AvgIpc) is 2.96. The van der Waals surface area contributed by atoms with Crippen LogP contribution in [0.25, 0.3) is 0 Å². The molecule has 1 N–H and O–H groups in total. The van der Waals surface area contributed by atoms with Crippen molar-refractivity contribution in [2.45, 2.75) is 13.0 Å². The minimum Gasteiger partial charge on any atom is -0.350 e. The van der Waals surface area contributed by atoms with Gasteiger partial charge in [-0.3, -0.25) is 14.6 Å². The van der Waals surface area contributed by atoms with Gasteiger partial charge < -0.3 is 10.2 Å². The van der Waals surface area contributed by atoms with E-state index in [9.17, 15) is 14.0 Å². The number of amides is 2. The molecule has 1 unspecified atom stereocenters. The Kier molecular flexibility index (Phi) is 4.32. The third kappa shape index (κ3) is 3.36. The van der Waals surface area contributed by atoms with E-state index in [1.807, 2.05) is 12.1 Å². The first kappa shape index (κ1) is 15.1. The number of halogens is 1. The zero-order chi connectivity index (χ0) is 16.2. The van der Waals surface area contributed by atoms with E-state index in [-0.39, 0.29) is 30.5 Å². The number of nitrogens with one attached hydrogen (secondary N) is 1. The second-order valence-corrected chi connectivity index (χ2v) is 5.40. The molecular weight excluding hydrogens is 297 g/mol. The number of hydrogen-bond donors (Lipinski definition) is 1. The van der Waals surface area contributed by atoms with Crippen LogP contribution >= 0.6 is 0 Å². The maximum atomic E-state index is 13.8. The molecule has 1 aliphatic heterocycles. The number of para-hydroxylation sites is 1. The number of carbonyl (C=O) groups excluding carboxylic acids is 2.